The summed E-state index contributed by atoms with van der Waals surface area (Å²) in [5.74, 6) is 0.0349. The molecule has 0 aliphatic heterocycles. The molecule has 1 aromatic heterocycles. The summed E-state index contributed by atoms with van der Waals surface area (Å²) < 4.78 is 10.3. The molecule has 7 heteroatoms. The maximum absolute atomic E-state index is 12.4. The van der Waals surface area contributed by atoms with Crippen molar-refractivity contribution in [3.05, 3.63) is 89.8 Å². The number of rotatable bonds is 7. The molecule has 0 aliphatic carbocycles. The smallest absolute Gasteiger partial charge is 0.308 e. The molecule has 0 bridgehead atoms. The van der Waals surface area contributed by atoms with Crippen molar-refractivity contribution >= 4 is 35.0 Å². The van der Waals surface area contributed by atoms with Crippen molar-refractivity contribution in [3.63, 3.8) is 0 Å². The molecule has 4 aromatic rings. The van der Waals surface area contributed by atoms with Crippen LogP contribution in [0.2, 0.25) is 0 Å². The van der Waals surface area contributed by atoms with Crippen molar-refractivity contribution in [2.24, 2.45) is 0 Å². The molecule has 4 rings (SSSR count). The lowest BCUT2D eigenvalue weighted by Gasteiger charge is -2.08. The monoisotopic (exact) mass is 470 g/mol. The van der Waals surface area contributed by atoms with Gasteiger partial charge in [-0.3, -0.25) is 9.59 Å². The van der Waals surface area contributed by atoms with Crippen LogP contribution in [0.15, 0.2) is 84.3 Å². The van der Waals surface area contributed by atoms with Gasteiger partial charge in [-0.05, 0) is 35.9 Å². The van der Waals surface area contributed by atoms with Gasteiger partial charge in [0, 0.05) is 35.2 Å². The molecule has 0 atom stereocenters. The Bertz CT molecular complexity index is 1330. The van der Waals surface area contributed by atoms with Gasteiger partial charge < -0.3 is 14.8 Å². The average molecular weight is 471 g/mol. The second-order valence-electron chi connectivity index (χ2n) is 7.31. The first kappa shape index (κ1) is 22.9. The molecule has 1 amide bonds. The second-order valence-corrected chi connectivity index (χ2v) is 8.17. The summed E-state index contributed by atoms with van der Waals surface area (Å²) >= 11 is 1.60. The number of amides is 1. The SMILES string of the molecule is COc1cc(/C=C/C(=O)Nc2ccc(-c3csc(-c4ccccc4)n3)cc2)ccc1OC(C)=O. The number of esters is 1. The van der Waals surface area contributed by atoms with Gasteiger partial charge in [-0.2, -0.15) is 0 Å². The lowest BCUT2D eigenvalue weighted by molar-refractivity contribution is -0.132. The van der Waals surface area contributed by atoms with Crippen molar-refractivity contribution in [1.29, 1.82) is 0 Å². The quantitative estimate of drug-likeness (QED) is 0.202. The number of ether oxygens (including phenoxy) is 2. The fourth-order valence-electron chi connectivity index (χ4n) is 3.23. The summed E-state index contributed by atoms with van der Waals surface area (Å²) in [7, 11) is 1.49. The van der Waals surface area contributed by atoms with E-state index in [-0.39, 0.29) is 5.91 Å². The van der Waals surface area contributed by atoms with Crippen LogP contribution in [0, 0.1) is 0 Å². The number of hydrogen-bond acceptors (Lipinski definition) is 6. The summed E-state index contributed by atoms with van der Waals surface area (Å²) in [5.41, 5.74) is 4.38. The Balaban J connectivity index is 1.39. The Morgan fingerprint density at radius 2 is 1.71 bits per heavy atom. The zero-order valence-corrected chi connectivity index (χ0v) is 19.5. The van der Waals surface area contributed by atoms with Crippen LogP contribution in [0.4, 0.5) is 5.69 Å². The van der Waals surface area contributed by atoms with Crippen LogP contribution in [0.3, 0.4) is 0 Å². The van der Waals surface area contributed by atoms with Crippen LogP contribution >= 0.6 is 11.3 Å². The predicted octanol–water partition coefficient (Wildman–Crippen LogP) is 6.06. The fourth-order valence-corrected chi connectivity index (χ4v) is 4.06. The standard InChI is InChI=1S/C27H22N2O4S/c1-18(30)33-24-14-8-19(16-25(24)32-2)9-15-26(31)28-22-12-10-20(11-13-22)23-17-34-27(29-23)21-6-4-3-5-7-21/h3-17H,1-2H3,(H,28,31)/b15-9+. The topological polar surface area (TPSA) is 77.5 Å². The number of hydrogen-bond donors (Lipinski definition) is 1. The van der Waals surface area contributed by atoms with Gasteiger partial charge in [0.1, 0.15) is 5.01 Å². The molecule has 0 saturated heterocycles. The first-order chi connectivity index (χ1) is 16.5. The summed E-state index contributed by atoms with van der Waals surface area (Å²) in [4.78, 5) is 28.2. The van der Waals surface area contributed by atoms with Crippen LogP contribution in [0.1, 0.15) is 12.5 Å². The third kappa shape index (κ3) is 5.76. The zero-order valence-electron chi connectivity index (χ0n) is 18.6. The molecule has 34 heavy (non-hydrogen) atoms. The molecule has 0 fully saturated rings. The maximum atomic E-state index is 12.4. The lowest BCUT2D eigenvalue weighted by Crippen LogP contribution is -2.07. The van der Waals surface area contributed by atoms with Gasteiger partial charge in [0.05, 0.1) is 12.8 Å². The number of nitrogens with one attached hydrogen (secondary N) is 1. The largest absolute Gasteiger partial charge is 0.493 e. The Kier molecular flexibility index (Phi) is 7.15. The van der Waals surface area contributed by atoms with Gasteiger partial charge in [0.25, 0.3) is 0 Å². The molecule has 0 unspecified atom stereocenters. The molecule has 0 spiro atoms. The Hall–Kier alpha value is -4.23. The van der Waals surface area contributed by atoms with E-state index in [1.165, 1.54) is 20.1 Å². The number of benzene rings is 3. The van der Waals surface area contributed by atoms with E-state index in [1.807, 2.05) is 60.0 Å². The Morgan fingerprint density at radius 3 is 2.41 bits per heavy atom. The summed E-state index contributed by atoms with van der Waals surface area (Å²) in [5, 5.41) is 5.84. The summed E-state index contributed by atoms with van der Waals surface area (Å²) in [6.45, 7) is 1.32. The van der Waals surface area contributed by atoms with E-state index in [0.717, 1.165) is 27.4 Å². The third-order valence-electron chi connectivity index (χ3n) is 4.84. The highest BCUT2D eigenvalue weighted by molar-refractivity contribution is 7.13. The number of carbonyl (C=O) groups is 2. The van der Waals surface area contributed by atoms with E-state index in [4.69, 9.17) is 14.5 Å². The number of anilines is 1. The third-order valence-corrected chi connectivity index (χ3v) is 5.73. The predicted molar refractivity (Wildman–Crippen MR) is 135 cm³/mol. The van der Waals surface area contributed by atoms with Gasteiger partial charge >= 0.3 is 5.97 Å². The van der Waals surface area contributed by atoms with Crippen LogP contribution in [0.25, 0.3) is 27.9 Å². The molecule has 170 valence electrons. The maximum Gasteiger partial charge on any atom is 0.308 e. The van der Waals surface area contributed by atoms with Gasteiger partial charge in [-0.1, -0.05) is 48.5 Å². The van der Waals surface area contributed by atoms with E-state index < -0.39 is 5.97 Å². The van der Waals surface area contributed by atoms with Crippen molar-refractivity contribution in [2.75, 3.05) is 12.4 Å². The Morgan fingerprint density at radius 1 is 0.941 bits per heavy atom. The van der Waals surface area contributed by atoms with Gasteiger partial charge in [0.2, 0.25) is 5.91 Å². The summed E-state index contributed by atoms with van der Waals surface area (Å²) in [6, 6.07) is 22.7. The van der Waals surface area contributed by atoms with Crippen molar-refractivity contribution in [3.8, 4) is 33.3 Å². The van der Waals surface area contributed by atoms with Crippen molar-refractivity contribution < 1.29 is 19.1 Å². The van der Waals surface area contributed by atoms with Crippen LogP contribution in [-0.2, 0) is 9.59 Å². The Labute approximate surface area is 201 Å². The number of carbonyl (C=O) groups excluding carboxylic acids is 2. The van der Waals surface area contributed by atoms with Crippen molar-refractivity contribution in [2.45, 2.75) is 6.92 Å². The van der Waals surface area contributed by atoms with Gasteiger partial charge in [-0.15, -0.1) is 11.3 Å². The number of thiazole rings is 1. The highest BCUT2D eigenvalue weighted by Crippen LogP contribution is 2.30. The molecule has 1 heterocycles. The second kappa shape index (κ2) is 10.6. The first-order valence-electron chi connectivity index (χ1n) is 10.5. The average Bonchev–Trinajstić information content (AvgIpc) is 3.34. The molecule has 0 aliphatic rings. The van der Waals surface area contributed by atoms with Crippen LogP contribution in [0.5, 0.6) is 11.5 Å². The molecule has 3 aromatic carbocycles. The van der Waals surface area contributed by atoms with E-state index in [2.05, 4.69) is 5.32 Å². The molecule has 1 N–H and O–H groups in total. The van der Waals surface area contributed by atoms with Gasteiger partial charge in [0.15, 0.2) is 11.5 Å². The minimum absolute atomic E-state index is 0.268. The molecule has 0 radical (unpaired) electrons. The minimum atomic E-state index is -0.432. The van der Waals surface area contributed by atoms with Crippen LogP contribution in [-0.4, -0.2) is 24.0 Å². The molecule has 0 saturated carbocycles. The van der Waals surface area contributed by atoms with Gasteiger partial charge in [-0.25, -0.2) is 4.98 Å². The molecular formula is C27H22N2O4S. The van der Waals surface area contributed by atoms with E-state index in [0.29, 0.717) is 17.2 Å². The minimum Gasteiger partial charge on any atom is -0.493 e. The van der Waals surface area contributed by atoms with E-state index in [1.54, 1.807) is 35.6 Å². The lowest BCUT2D eigenvalue weighted by atomic mass is 10.1. The highest BCUT2D eigenvalue weighted by atomic mass is 32.1. The zero-order chi connectivity index (χ0) is 23.9. The van der Waals surface area contributed by atoms with Crippen LogP contribution < -0.4 is 14.8 Å². The number of aromatic nitrogens is 1. The van der Waals surface area contributed by atoms with Crippen molar-refractivity contribution in [1.82, 2.24) is 4.98 Å². The fraction of sp³-hybridized carbons (Fsp3) is 0.0741. The molecule has 6 nitrogen and oxygen atoms in total. The number of nitrogens with zero attached hydrogens (tertiary/aromatic N) is 1. The molecular weight excluding hydrogens is 448 g/mol. The normalized spacial score (nSPS) is 10.8. The number of methoxy groups -OCH3 is 1. The van der Waals surface area contributed by atoms with E-state index in [9.17, 15) is 9.59 Å². The highest BCUT2D eigenvalue weighted by Gasteiger charge is 2.08. The first-order valence-corrected chi connectivity index (χ1v) is 11.4. The summed E-state index contributed by atoms with van der Waals surface area (Å²) in [6.07, 6.45) is 3.09. The van der Waals surface area contributed by atoms with E-state index >= 15 is 0 Å².